The van der Waals surface area contributed by atoms with Gasteiger partial charge in [-0.2, -0.15) is 0 Å². The van der Waals surface area contributed by atoms with E-state index < -0.39 is 5.60 Å². The quantitative estimate of drug-likeness (QED) is 0.497. The van der Waals surface area contributed by atoms with Gasteiger partial charge in [0, 0.05) is 0 Å². The molecule has 0 heterocycles. The highest BCUT2D eigenvalue weighted by molar-refractivity contribution is 5.36. The highest BCUT2D eigenvalue weighted by Crippen LogP contribution is 2.58. The summed E-state index contributed by atoms with van der Waals surface area (Å²) < 4.78 is 0. The van der Waals surface area contributed by atoms with E-state index in [-0.39, 0.29) is 6.10 Å². The van der Waals surface area contributed by atoms with E-state index in [0.29, 0.717) is 11.3 Å². The lowest BCUT2D eigenvalue weighted by Gasteiger charge is -2.43. The summed E-state index contributed by atoms with van der Waals surface area (Å²) in [4.78, 5) is 0. The number of hydrogen-bond acceptors (Lipinski definition) is 2. The molecule has 2 nitrogen and oxygen atoms in total. The summed E-state index contributed by atoms with van der Waals surface area (Å²) in [5.74, 6) is 2.21. The fourth-order valence-corrected chi connectivity index (χ4v) is 6.56. The molecule has 0 aromatic heterocycles. The highest BCUT2D eigenvalue weighted by atomic mass is 16.3. The topological polar surface area (TPSA) is 40.5 Å². The van der Waals surface area contributed by atoms with Gasteiger partial charge in [-0.1, -0.05) is 44.9 Å². The van der Waals surface area contributed by atoms with Crippen LogP contribution < -0.4 is 0 Å². The Morgan fingerprint density at radius 2 is 2.00 bits per heavy atom. The minimum absolute atomic E-state index is 0.241. The maximum atomic E-state index is 10.2. The molecular formula is C27H44O2. The molecule has 0 aromatic carbocycles. The number of rotatable bonds is 7. The highest BCUT2D eigenvalue weighted by Gasteiger charge is 2.49. The number of fused-ring (bicyclic) bond motifs is 1. The average molecular weight is 401 g/mol. The van der Waals surface area contributed by atoms with Crippen LogP contribution in [0.25, 0.3) is 0 Å². The molecule has 0 amide bonds. The predicted octanol–water partition coefficient (Wildman–Crippen LogP) is 6.73. The van der Waals surface area contributed by atoms with Gasteiger partial charge in [-0.3, -0.25) is 0 Å². The van der Waals surface area contributed by atoms with Gasteiger partial charge in [0.2, 0.25) is 0 Å². The standard InChI is InChI=1S/C27H44O2/c1-19(9-7-17-26(3,4)29)23-15-16-24-22(11-8-18-27(23,24)5)14-13-21-10-6-12-25(28)20(21)2/h11,13-14,19,23-25,28-29H,6-10,12,15-18H2,1-5H3/b14-13+/t19-,23?,24?,25?,27?/m1/s1. The monoisotopic (exact) mass is 400 g/mol. The summed E-state index contributed by atoms with van der Waals surface area (Å²) in [7, 11) is 0. The Morgan fingerprint density at radius 3 is 2.72 bits per heavy atom. The fourth-order valence-electron chi connectivity index (χ4n) is 6.56. The van der Waals surface area contributed by atoms with Crippen molar-refractivity contribution in [3.05, 3.63) is 34.9 Å². The summed E-state index contributed by atoms with van der Waals surface area (Å²) in [6.45, 7) is 11.0. The van der Waals surface area contributed by atoms with Gasteiger partial charge in [0.15, 0.2) is 0 Å². The molecule has 3 aliphatic rings. The zero-order valence-corrected chi connectivity index (χ0v) is 19.5. The number of aliphatic hydroxyl groups is 2. The molecule has 2 N–H and O–H groups in total. The van der Waals surface area contributed by atoms with Crippen LogP contribution in [0, 0.1) is 23.2 Å². The van der Waals surface area contributed by atoms with E-state index >= 15 is 0 Å². The Kier molecular flexibility index (Phi) is 7.16. The Bertz CT molecular complexity index is 663. The molecule has 3 rings (SSSR count). The van der Waals surface area contributed by atoms with Crippen molar-refractivity contribution in [3.63, 3.8) is 0 Å². The molecule has 29 heavy (non-hydrogen) atoms. The van der Waals surface area contributed by atoms with Gasteiger partial charge >= 0.3 is 0 Å². The summed E-state index contributed by atoms with van der Waals surface area (Å²) >= 11 is 0. The lowest BCUT2D eigenvalue weighted by atomic mass is 9.62. The Morgan fingerprint density at radius 1 is 1.24 bits per heavy atom. The van der Waals surface area contributed by atoms with Crippen molar-refractivity contribution in [2.45, 2.75) is 111 Å². The van der Waals surface area contributed by atoms with E-state index in [4.69, 9.17) is 0 Å². The van der Waals surface area contributed by atoms with Crippen molar-refractivity contribution in [2.75, 3.05) is 0 Å². The van der Waals surface area contributed by atoms with Crippen LogP contribution in [0.1, 0.15) is 98.8 Å². The minimum atomic E-state index is -0.535. The van der Waals surface area contributed by atoms with Crippen molar-refractivity contribution >= 4 is 0 Å². The number of aliphatic hydroxyl groups excluding tert-OH is 1. The van der Waals surface area contributed by atoms with Gasteiger partial charge in [-0.05, 0) is 112 Å². The number of allylic oxidation sites excluding steroid dienone is 5. The minimum Gasteiger partial charge on any atom is -0.390 e. The number of hydrogen-bond donors (Lipinski definition) is 2. The molecule has 2 heteroatoms. The average Bonchev–Trinajstić information content (AvgIpc) is 2.99. The van der Waals surface area contributed by atoms with Crippen molar-refractivity contribution < 1.29 is 10.2 Å². The van der Waals surface area contributed by atoms with Crippen LogP contribution in [0.15, 0.2) is 34.9 Å². The van der Waals surface area contributed by atoms with E-state index in [1.807, 2.05) is 13.8 Å². The summed E-state index contributed by atoms with van der Waals surface area (Å²) in [6.07, 6.45) is 18.5. The van der Waals surface area contributed by atoms with E-state index in [9.17, 15) is 10.2 Å². The van der Waals surface area contributed by atoms with Crippen LogP contribution in [-0.2, 0) is 0 Å². The molecular weight excluding hydrogens is 356 g/mol. The zero-order chi connectivity index (χ0) is 21.2. The SMILES string of the molecule is CC1=C(/C=C/C2=CCCC3(C)C2CCC3[C@H](C)CCCC(C)(C)O)CCCC1O. The largest absolute Gasteiger partial charge is 0.390 e. The normalized spacial score (nSPS) is 34.4. The van der Waals surface area contributed by atoms with Crippen LogP contribution in [0.5, 0.6) is 0 Å². The third-order valence-corrected chi connectivity index (χ3v) is 8.42. The van der Waals surface area contributed by atoms with Gasteiger partial charge in [-0.25, -0.2) is 0 Å². The van der Waals surface area contributed by atoms with Crippen LogP contribution in [0.2, 0.25) is 0 Å². The molecule has 3 aliphatic carbocycles. The van der Waals surface area contributed by atoms with Crippen LogP contribution >= 0.6 is 0 Å². The third-order valence-electron chi connectivity index (χ3n) is 8.42. The second-order valence-corrected chi connectivity index (χ2v) is 11.1. The second kappa shape index (κ2) is 9.10. The molecule has 164 valence electrons. The van der Waals surface area contributed by atoms with Crippen molar-refractivity contribution in [1.82, 2.24) is 0 Å². The van der Waals surface area contributed by atoms with Gasteiger partial charge < -0.3 is 10.2 Å². The third kappa shape index (κ3) is 5.25. The van der Waals surface area contributed by atoms with E-state index in [1.165, 1.54) is 43.3 Å². The van der Waals surface area contributed by atoms with Gasteiger partial charge in [0.1, 0.15) is 0 Å². The molecule has 1 fully saturated rings. The van der Waals surface area contributed by atoms with Crippen molar-refractivity contribution in [2.24, 2.45) is 23.2 Å². The lowest BCUT2D eigenvalue weighted by molar-refractivity contribution is 0.0613. The molecule has 0 spiro atoms. The Balaban J connectivity index is 1.67. The lowest BCUT2D eigenvalue weighted by Crippen LogP contribution is -2.35. The van der Waals surface area contributed by atoms with Crippen molar-refractivity contribution in [1.29, 1.82) is 0 Å². The van der Waals surface area contributed by atoms with E-state index in [1.54, 1.807) is 5.57 Å². The molecule has 0 bridgehead atoms. The molecule has 0 aromatic rings. The molecule has 0 saturated heterocycles. The summed E-state index contributed by atoms with van der Waals surface area (Å²) in [6, 6.07) is 0. The molecule has 0 radical (unpaired) electrons. The molecule has 4 unspecified atom stereocenters. The molecule has 1 saturated carbocycles. The summed E-state index contributed by atoms with van der Waals surface area (Å²) in [5.41, 5.74) is 3.96. The Hall–Kier alpha value is -0.860. The maximum Gasteiger partial charge on any atom is 0.0753 e. The second-order valence-electron chi connectivity index (χ2n) is 11.1. The fraction of sp³-hybridized carbons (Fsp3) is 0.778. The van der Waals surface area contributed by atoms with E-state index in [0.717, 1.165) is 43.9 Å². The van der Waals surface area contributed by atoms with Crippen LogP contribution in [0.4, 0.5) is 0 Å². The zero-order valence-electron chi connectivity index (χ0n) is 19.5. The Labute approximate surface area is 179 Å². The van der Waals surface area contributed by atoms with Gasteiger partial charge in [-0.15, -0.1) is 0 Å². The van der Waals surface area contributed by atoms with Crippen molar-refractivity contribution in [3.8, 4) is 0 Å². The first kappa shape index (κ1) is 22.8. The van der Waals surface area contributed by atoms with Gasteiger partial charge in [0.25, 0.3) is 0 Å². The van der Waals surface area contributed by atoms with Crippen LogP contribution in [-0.4, -0.2) is 21.9 Å². The van der Waals surface area contributed by atoms with E-state index in [2.05, 4.69) is 39.0 Å². The first-order chi connectivity index (χ1) is 13.6. The molecule has 5 atom stereocenters. The smallest absolute Gasteiger partial charge is 0.0753 e. The first-order valence-corrected chi connectivity index (χ1v) is 12.1. The molecule has 0 aliphatic heterocycles. The van der Waals surface area contributed by atoms with Crippen LogP contribution in [0.3, 0.4) is 0 Å². The first-order valence-electron chi connectivity index (χ1n) is 12.1. The predicted molar refractivity (Wildman–Crippen MR) is 123 cm³/mol. The maximum absolute atomic E-state index is 10.2. The van der Waals surface area contributed by atoms with Gasteiger partial charge in [0.05, 0.1) is 11.7 Å². The summed E-state index contributed by atoms with van der Waals surface area (Å²) in [5, 5.41) is 20.2.